The molecule has 1 saturated heterocycles. The molecule has 1 aliphatic rings. The second-order valence-electron chi connectivity index (χ2n) is 5.12. The molecule has 2 rings (SSSR count). The van der Waals surface area contributed by atoms with Crippen LogP contribution in [0.5, 0.6) is 5.75 Å². The third-order valence-electron chi connectivity index (χ3n) is 3.61. The highest BCUT2D eigenvalue weighted by Crippen LogP contribution is 2.19. The van der Waals surface area contributed by atoms with Crippen molar-refractivity contribution in [1.29, 1.82) is 0 Å². The van der Waals surface area contributed by atoms with Gasteiger partial charge in [-0.25, -0.2) is 4.39 Å². The first-order valence-corrected chi connectivity index (χ1v) is 6.99. The summed E-state index contributed by atoms with van der Waals surface area (Å²) in [5.41, 5.74) is 0. The van der Waals surface area contributed by atoms with Crippen molar-refractivity contribution in [3.05, 3.63) is 30.1 Å². The topological polar surface area (TPSA) is 32.7 Å². The highest BCUT2D eigenvalue weighted by Gasteiger charge is 2.21. The van der Waals surface area contributed by atoms with Gasteiger partial charge in [0.1, 0.15) is 11.6 Å². The van der Waals surface area contributed by atoms with E-state index >= 15 is 0 Å². The summed E-state index contributed by atoms with van der Waals surface area (Å²) < 4.78 is 18.3. The largest absolute Gasteiger partial charge is 0.494 e. The van der Waals surface area contributed by atoms with Gasteiger partial charge in [-0.2, -0.15) is 0 Å². The Bertz CT molecular complexity index is 369. The van der Waals surface area contributed by atoms with Crippen LogP contribution >= 0.6 is 0 Å². The molecule has 0 aliphatic carbocycles. The van der Waals surface area contributed by atoms with Crippen LogP contribution in [0.15, 0.2) is 24.3 Å². The van der Waals surface area contributed by atoms with Gasteiger partial charge in [0, 0.05) is 19.7 Å². The van der Waals surface area contributed by atoms with Crippen molar-refractivity contribution in [3.63, 3.8) is 0 Å². The average Bonchev–Trinajstić information content (AvgIpc) is 2.85. The Morgan fingerprint density at radius 2 is 2.11 bits per heavy atom. The van der Waals surface area contributed by atoms with Gasteiger partial charge in [-0.3, -0.25) is 0 Å². The van der Waals surface area contributed by atoms with Gasteiger partial charge in [0.25, 0.3) is 0 Å². The van der Waals surface area contributed by atoms with E-state index in [2.05, 4.69) is 4.90 Å². The maximum Gasteiger partial charge on any atom is 0.123 e. The summed E-state index contributed by atoms with van der Waals surface area (Å²) in [5, 5.41) is 8.91. The summed E-state index contributed by atoms with van der Waals surface area (Å²) in [6.45, 7) is 4.21. The van der Waals surface area contributed by atoms with Crippen LogP contribution in [0.3, 0.4) is 0 Å². The molecule has 1 fully saturated rings. The third-order valence-corrected chi connectivity index (χ3v) is 3.61. The number of ether oxygens (including phenoxy) is 1. The molecule has 3 nitrogen and oxygen atoms in total. The molecule has 19 heavy (non-hydrogen) atoms. The molecule has 0 bridgehead atoms. The van der Waals surface area contributed by atoms with Gasteiger partial charge in [-0.15, -0.1) is 0 Å². The van der Waals surface area contributed by atoms with Crippen LogP contribution in [0.1, 0.15) is 19.3 Å². The summed E-state index contributed by atoms with van der Waals surface area (Å²) in [6.07, 6.45) is 3.09. The predicted molar refractivity (Wildman–Crippen MR) is 72.8 cm³/mol. The number of aliphatic hydroxyl groups is 1. The Morgan fingerprint density at radius 1 is 1.32 bits per heavy atom. The summed E-state index contributed by atoms with van der Waals surface area (Å²) in [7, 11) is 0. The highest BCUT2D eigenvalue weighted by atomic mass is 19.1. The fourth-order valence-corrected chi connectivity index (χ4v) is 2.54. The zero-order valence-corrected chi connectivity index (χ0v) is 11.2. The lowest BCUT2D eigenvalue weighted by Gasteiger charge is -2.15. The Hall–Kier alpha value is -1.13. The minimum absolute atomic E-state index is 0.237. The van der Waals surface area contributed by atoms with Crippen LogP contribution in [-0.4, -0.2) is 42.9 Å². The van der Waals surface area contributed by atoms with E-state index in [-0.39, 0.29) is 5.82 Å². The summed E-state index contributed by atoms with van der Waals surface area (Å²) in [5.74, 6) is 1.14. The molecule has 0 saturated carbocycles. The van der Waals surface area contributed by atoms with E-state index in [9.17, 15) is 4.39 Å². The molecule has 1 atom stereocenters. The molecule has 1 aromatic carbocycles. The van der Waals surface area contributed by atoms with Crippen LogP contribution in [0.25, 0.3) is 0 Å². The summed E-state index contributed by atoms with van der Waals surface area (Å²) >= 11 is 0. The lowest BCUT2D eigenvalue weighted by atomic mass is 10.1. The van der Waals surface area contributed by atoms with Crippen LogP contribution in [0, 0.1) is 11.7 Å². The molecule has 1 aromatic rings. The van der Waals surface area contributed by atoms with Crippen molar-refractivity contribution in [1.82, 2.24) is 4.90 Å². The summed E-state index contributed by atoms with van der Waals surface area (Å²) in [6, 6.07) is 6.13. The fourth-order valence-electron chi connectivity index (χ4n) is 2.54. The van der Waals surface area contributed by atoms with E-state index in [1.165, 1.54) is 18.6 Å². The third kappa shape index (κ3) is 4.80. The van der Waals surface area contributed by atoms with Gasteiger partial charge in [0.15, 0.2) is 0 Å². The van der Waals surface area contributed by atoms with E-state index in [4.69, 9.17) is 9.84 Å². The first-order chi connectivity index (χ1) is 9.28. The Labute approximate surface area is 114 Å². The van der Waals surface area contributed by atoms with E-state index in [1.807, 2.05) is 0 Å². The number of halogens is 1. The van der Waals surface area contributed by atoms with Gasteiger partial charge in [0.2, 0.25) is 0 Å². The standard InChI is InChI=1S/C15H22FNO2/c16-14-2-4-15(5-3-14)19-11-1-8-17-9-6-13(12-17)7-10-18/h2-5,13,18H,1,6-12H2. The van der Waals surface area contributed by atoms with Crippen LogP contribution in [-0.2, 0) is 0 Å². The monoisotopic (exact) mass is 267 g/mol. The highest BCUT2D eigenvalue weighted by molar-refractivity contribution is 5.21. The second kappa shape index (κ2) is 7.46. The Morgan fingerprint density at radius 3 is 2.84 bits per heavy atom. The number of hydrogen-bond donors (Lipinski definition) is 1. The number of rotatable bonds is 7. The van der Waals surface area contributed by atoms with Crippen molar-refractivity contribution in [2.75, 3.05) is 32.8 Å². The minimum atomic E-state index is -0.237. The molecular formula is C15H22FNO2. The molecule has 1 unspecified atom stereocenters. The van der Waals surface area contributed by atoms with E-state index in [0.29, 0.717) is 19.1 Å². The van der Waals surface area contributed by atoms with E-state index in [0.717, 1.165) is 38.2 Å². The minimum Gasteiger partial charge on any atom is -0.494 e. The lowest BCUT2D eigenvalue weighted by molar-refractivity contribution is 0.239. The number of benzene rings is 1. The normalized spacial score (nSPS) is 19.8. The number of aliphatic hydroxyl groups excluding tert-OH is 1. The van der Waals surface area contributed by atoms with Gasteiger partial charge >= 0.3 is 0 Å². The first-order valence-electron chi connectivity index (χ1n) is 6.99. The van der Waals surface area contributed by atoms with Gasteiger partial charge in [0.05, 0.1) is 6.61 Å². The van der Waals surface area contributed by atoms with E-state index < -0.39 is 0 Å². The molecule has 4 heteroatoms. The molecule has 0 spiro atoms. The van der Waals surface area contributed by atoms with Crippen LogP contribution in [0.2, 0.25) is 0 Å². The zero-order valence-electron chi connectivity index (χ0n) is 11.2. The second-order valence-corrected chi connectivity index (χ2v) is 5.12. The predicted octanol–water partition coefficient (Wildman–Crippen LogP) is 2.30. The quantitative estimate of drug-likeness (QED) is 0.769. The first kappa shape index (κ1) is 14.3. The Balaban J connectivity index is 1.58. The number of hydrogen-bond acceptors (Lipinski definition) is 3. The lowest BCUT2D eigenvalue weighted by Crippen LogP contribution is -2.23. The van der Waals surface area contributed by atoms with Crippen molar-refractivity contribution >= 4 is 0 Å². The van der Waals surface area contributed by atoms with Crippen LogP contribution < -0.4 is 4.74 Å². The van der Waals surface area contributed by atoms with Crippen molar-refractivity contribution in [2.45, 2.75) is 19.3 Å². The Kier molecular flexibility index (Phi) is 5.61. The van der Waals surface area contributed by atoms with Crippen LogP contribution in [0.4, 0.5) is 4.39 Å². The maximum absolute atomic E-state index is 12.7. The molecule has 106 valence electrons. The van der Waals surface area contributed by atoms with Crippen molar-refractivity contribution in [3.8, 4) is 5.75 Å². The SMILES string of the molecule is OCCC1CCN(CCCOc2ccc(F)cc2)C1. The number of likely N-dealkylation sites (tertiary alicyclic amines) is 1. The molecule has 0 amide bonds. The molecule has 0 radical (unpaired) electrons. The van der Waals surface area contributed by atoms with Gasteiger partial charge in [-0.05, 0) is 56.0 Å². The zero-order chi connectivity index (χ0) is 13.5. The average molecular weight is 267 g/mol. The van der Waals surface area contributed by atoms with Gasteiger partial charge < -0.3 is 14.7 Å². The van der Waals surface area contributed by atoms with Crippen molar-refractivity contribution < 1.29 is 14.2 Å². The maximum atomic E-state index is 12.7. The molecule has 0 aromatic heterocycles. The smallest absolute Gasteiger partial charge is 0.123 e. The number of nitrogens with zero attached hydrogens (tertiary/aromatic N) is 1. The molecule has 1 N–H and O–H groups in total. The molecule has 1 heterocycles. The fraction of sp³-hybridized carbons (Fsp3) is 0.600. The molecule has 1 aliphatic heterocycles. The van der Waals surface area contributed by atoms with Gasteiger partial charge in [-0.1, -0.05) is 0 Å². The van der Waals surface area contributed by atoms with Crippen molar-refractivity contribution in [2.24, 2.45) is 5.92 Å². The molecular weight excluding hydrogens is 245 g/mol. The summed E-state index contributed by atoms with van der Waals surface area (Å²) in [4.78, 5) is 2.42. The van der Waals surface area contributed by atoms with E-state index in [1.54, 1.807) is 12.1 Å².